The van der Waals surface area contributed by atoms with E-state index in [1.807, 2.05) is 24.4 Å². The van der Waals surface area contributed by atoms with Crippen LogP contribution in [0, 0.1) is 23.5 Å². The molecular formula is C29H25F2N. The summed E-state index contributed by atoms with van der Waals surface area (Å²) in [4.78, 5) is 4.59. The minimum absolute atomic E-state index is 0.637. The van der Waals surface area contributed by atoms with Crippen LogP contribution >= 0.6 is 0 Å². The topological polar surface area (TPSA) is 12.9 Å². The normalized spacial score (nSPS) is 10.7. The van der Waals surface area contributed by atoms with Crippen LogP contribution < -0.4 is 0 Å². The molecule has 0 aliphatic carbocycles. The Kier molecular flexibility index (Phi) is 6.92. The second-order valence-electron chi connectivity index (χ2n) is 8.04. The Morgan fingerprint density at radius 3 is 2.09 bits per heavy atom. The van der Waals surface area contributed by atoms with Crippen molar-refractivity contribution in [3.05, 3.63) is 113 Å². The van der Waals surface area contributed by atoms with Gasteiger partial charge in [-0.25, -0.2) is 8.78 Å². The number of aryl methyl sites for hydroxylation is 3. The van der Waals surface area contributed by atoms with E-state index >= 15 is 0 Å². The fourth-order valence-corrected chi connectivity index (χ4v) is 3.62. The fraction of sp³-hybridized carbons (Fsp3) is 0.207. The van der Waals surface area contributed by atoms with Crippen LogP contribution in [-0.2, 0) is 19.3 Å². The van der Waals surface area contributed by atoms with Gasteiger partial charge in [0.1, 0.15) is 0 Å². The SMILES string of the molecule is CCCCc1ccc(CCc2ccc(C#Cc3ccc4cc(F)c(F)cc4c3)cc2)nc1. The molecule has 0 atom stereocenters. The molecule has 0 saturated carbocycles. The molecule has 0 N–H and O–H groups in total. The first-order chi connectivity index (χ1) is 15.6. The van der Waals surface area contributed by atoms with Crippen molar-refractivity contribution in [2.45, 2.75) is 39.0 Å². The lowest BCUT2D eigenvalue weighted by molar-refractivity contribution is 0.511. The van der Waals surface area contributed by atoms with E-state index in [1.54, 1.807) is 12.1 Å². The molecule has 0 spiro atoms. The van der Waals surface area contributed by atoms with Crippen LogP contribution in [0.2, 0.25) is 0 Å². The van der Waals surface area contributed by atoms with Gasteiger partial charge >= 0.3 is 0 Å². The maximum Gasteiger partial charge on any atom is 0.159 e. The Balaban J connectivity index is 1.37. The quantitative estimate of drug-likeness (QED) is 0.302. The van der Waals surface area contributed by atoms with Crippen LogP contribution in [0.4, 0.5) is 8.78 Å². The predicted octanol–water partition coefficient (Wildman–Crippen LogP) is 7.04. The molecule has 0 unspecified atom stereocenters. The standard InChI is InChI=1S/C29H25F2N/c1-2-3-4-24-13-16-27(32-20-24)15-12-22-7-5-21(6-8-22)9-10-23-11-14-25-18-28(30)29(31)19-26(25)17-23/h5-8,11,13-14,16-20H,2-4,12,15H2,1H3. The summed E-state index contributed by atoms with van der Waals surface area (Å²) in [5.74, 6) is 4.57. The van der Waals surface area contributed by atoms with Crippen molar-refractivity contribution in [3.63, 3.8) is 0 Å². The maximum atomic E-state index is 13.5. The van der Waals surface area contributed by atoms with Crippen LogP contribution in [0.3, 0.4) is 0 Å². The number of aromatic nitrogens is 1. The van der Waals surface area contributed by atoms with Gasteiger partial charge in [-0.1, -0.05) is 49.5 Å². The number of rotatable bonds is 6. The van der Waals surface area contributed by atoms with Gasteiger partial charge in [-0.2, -0.15) is 0 Å². The smallest absolute Gasteiger partial charge is 0.159 e. The first kappa shape index (κ1) is 21.7. The van der Waals surface area contributed by atoms with Crippen LogP contribution in [0.5, 0.6) is 0 Å². The first-order valence-electron chi connectivity index (χ1n) is 11.0. The van der Waals surface area contributed by atoms with Crippen molar-refractivity contribution >= 4 is 10.8 Å². The summed E-state index contributed by atoms with van der Waals surface area (Å²) in [6.07, 6.45) is 7.35. The molecular weight excluding hydrogens is 400 g/mol. The lowest BCUT2D eigenvalue weighted by Gasteiger charge is -2.04. The van der Waals surface area contributed by atoms with Gasteiger partial charge < -0.3 is 0 Å². The molecule has 160 valence electrons. The average Bonchev–Trinajstić information content (AvgIpc) is 2.82. The fourth-order valence-electron chi connectivity index (χ4n) is 3.62. The summed E-state index contributed by atoms with van der Waals surface area (Å²) >= 11 is 0. The van der Waals surface area contributed by atoms with Crippen molar-refractivity contribution in [1.82, 2.24) is 4.98 Å². The summed E-state index contributed by atoms with van der Waals surface area (Å²) in [7, 11) is 0. The molecule has 4 rings (SSSR count). The van der Waals surface area contributed by atoms with Crippen molar-refractivity contribution in [2.24, 2.45) is 0 Å². The first-order valence-corrected chi connectivity index (χ1v) is 11.0. The summed E-state index contributed by atoms with van der Waals surface area (Å²) in [5.41, 5.74) is 5.35. The van der Waals surface area contributed by atoms with Crippen LogP contribution in [0.1, 0.15) is 47.7 Å². The zero-order valence-electron chi connectivity index (χ0n) is 18.2. The van der Waals surface area contributed by atoms with Gasteiger partial charge in [-0.15, -0.1) is 0 Å². The molecule has 4 aromatic rings. The van der Waals surface area contributed by atoms with E-state index in [1.165, 1.54) is 36.1 Å². The highest BCUT2D eigenvalue weighted by Gasteiger charge is 2.04. The Bertz CT molecular complexity index is 1260. The lowest BCUT2D eigenvalue weighted by Crippen LogP contribution is -1.96. The highest BCUT2D eigenvalue weighted by atomic mass is 19.2. The van der Waals surface area contributed by atoms with E-state index in [9.17, 15) is 8.78 Å². The molecule has 0 aliphatic rings. The molecule has 0 aliphatic heterocycles. The highest BCUT2D eigenvalue weighted by molar-refractivity contribution is 5.84. The molecule has 1 heterocycles. The van der Waals surface area contributed by atoms with Gasteiger partial charge in [-0.3, -0.25) is 4.98 Å². The minimum Gasteiger partial charge on any atom is -0.261 e. The molecule has 3 heteroatoms. The molecule has 1 nitrogen and oxygen atoms in total. The molecule has 1 aromatic heterocycles. The predicted molar refractivity (Wildman–Crippen MR) is 127 cm³/mol. The average molecular weight is 426 g/mol. The largest absolute Gasteiger partial charge is 0.261 e. The van der Waals surface area contributed by atoms with E-state index in [4.69, 9.17) is 0 Å². The summed E-state index contributed by atoms with van der Waals surface area (Å²) in [6.45, 7) is 2.20. The number of unbranched alkanes of at least 4 members (excludes halogenated alkanes) is 1. The van der Waals surface area contributed by atoms with E-state index < -0.39 is 11.6 Å². The highest BCUT2D eigenvalue weighted by Crippen LogP contribution is 2.20. The molecule has 32 heavy (non-hydrogen) atoms. The Morgan fingerprint density at radius 1 is 0.688 bits per heavy atom. The molecule has 0 fully saturated rings. The van der Waals surface area contributed by atoms with Gasteiger partial charge in [0.25, 0.3) is 0 Å². The lowest BCUT2D eigenvalue weighted by atomic mass is 10.0. The zero-order valence-corrected chi connectivity index (χ0v) is 18.2. The summed E-state index contributed by atoms with van der Waals surface area (Å²) in [5, 5.41) is 1.29. The van der Waals surface area contributed by atoms with E-state index in [-0.39, 0.29) is 0 Å². The Labute approximate surface area is 188 Å². The Morgan fingerprint density at radius 2 is 1.38 bits per heavy atom. The number of nitrogens with zero attached hydrogens (tertiary/aromatic N) is 1. The third-order valence-electron chi connectivity index (χ3n) is 5.56. The summed E-state index contributed by atoms with van der Waals surface area (Å²) < 4.78 is 26.8. The Hall–Kier alpha value is -3.51. The third kappa shape index (κ3) is 5.59. The van der Waals surface area contributed by atoms with E-state index in [2.05, 4.69) is 48.0 Å². The third-order valence-corrected chi connectivity index (χ3v) is 5.56. The number of halogens is 2. The van der Waals surface area contributed by atoms with Crippen LogP contribution in [-0.4, -0.2) is 4.98 Å². The van der Waals surface area contributed by atoms with Crippen LogP contribution in [0.15, 0.2) is 72.9 Å². The van der Waals surface area contributed by atoms with Crippen molar-refractivity contribution in [3.8, 4) is 11.8 Å². The van der Waals surface area contributed by atoms with Crippen molar-refractivity contribution in [1.29, 1.82) is 0 Å². The number of hydrogen-bond acceptors (Lipinski definition) is 1. The van der Waals surface area contributed by atoms with Crippen molar-refractivity contribution in [2.75, 3.05) is 0 Å². The van der Waals surface area contributed by atoms with Crippen molar-refractivity contribution < 1.29 is 8.78 Å². The van der Waals surface area contributed by atoms with Gasteiger partial charge in [0.15, 0.2) is 11.6 Å². The van der Waals surface area contributed by atoms with Gasteiger partial charge in [0.2, 0.25) is 0 Å². The minimum atomic E-state index is -0.846. The summed E-state index contributed by atoms with van der Waals surface area (Å²) in [6, 6.07) is 20.3. The molecule has 0 bridgehead atoms. The second kappa shape index (κ2) is 10.2. The van der Waals surface area contributed by atoms with E-state index in [0.717, 1.165) is 36.1 Å². The maximum absolute atomic E-state index is 13.5. The van der Waals surface area contributed by atoms with Gasteiger partial charge in [-0.05, 0) is 90.0 Å². The molecule has 0 amide bonds. The monoisotopic (exact) mass is 425 g/mol. The van der Waals surface area contributed by atoms with Gasteiger partial charge in [0, 0.05) is 23.0 Å². The van der Waals surface area contributed by atoms with E-state index in [0.29, 0.717) is 10.8 Å². The number of hydrogen-bond donors (Lipinski definition) is 0. The zero-order chi connectivity index (χ0) is 22.3. The molecule has 3 aromatic carbocycles. The number of benzene rings is 3. The van der Waals surface area contributed by atoms with Crippen LogP contribution in [0.25, 0.3) is 10.8 Å². The number of pyridine rings is 1. The van der Waals surface area contributed by atoms with Gasteiger partial charge in [0.05, 0.1) is 0 Å². The number of fused-ring (bicyclic) bond motifs is 1. The molecule has 0 radical (unpaired) electrons. The molecule has 0 saturated heterocycles. The second-order valence-corrected chi connectivity index (χ2v) is 8.04.